The summed E-state index contributed by atoms with van der Waals surface area (Å²) in [6, 6.07) is 15.3. The highest BCUT2D eigenvalue weighted by Gasteiger charge is 2.52. The molecule has 0 N–H and O–H groups in total. The van der Waals surface area contributed by atoms with Gasteiger partial charge in [0.2, 0.25) is 0 Å². The van der Waals surface area contributed by atoms with Crippen LogP contribution in [0.1, 0.15) is 57.2 Å². The summed E-state index contributed by atoms with van der Waals surface area (Å²) < 4.78 is 5.65. The van der Waals surface area contributed by atoms with E-state index >= 15 is 0 Å². The molecule has 4 aliphatic rings. The molecule has 5 atom stereocenters. The molecule has 4 heteroatoms. The van der Waals surface area contributed by atoms with Crippen molar-refractivity contribution >= 4 is 11.9 Å². The van der Waals surface area contributed by atoms with Gasteiger partial charge in [-0.2, -0.15) is 0 Å². The summed E-state index contributed by atoms with van der Waals surface area (Å²) in [5, 5.41) is 0. The van der Waals surface area contributed by atoms with E-state index in [1.54, 1.807) is 12.1 Å². The third-order valence-corrected chi connectivity index (χ3v) is 7.82. The quantitative estimate of drug-likeness (QED) is 0.724. The summed E-state index contributed by atoms with van der Waals surface area (Å²) in [5.74, 6) is 2.93. The van der Waals surface area contributed by atoms with E-state index in [9.17, 15) is 9.59 Å². The van der Waals surface area contributed by atoms with Gasteiger partial charge in [0.1, 0.15) is 6.10 Å². The molecule has 2 aliphatic carbocycles. The van der Waals surface area contributed by atoms with E-state index in [1.165, 1.54) is 19.3 Å². The lowest BCUT2D eigenvalue weighted by Crippen LogP contribution is -2.31. The first kappa shape index (κ1) is 17.3. The number of cyclic esters (lactones) is 1. The summed E-state index contributed by atoms with van der Waals surface area (Å²) in [4.78, 5) is 27.8. The molecule has 2 bridgehead atoms. The van der Waals surface area contributed by atoms with Crippen LogP contribution in [0.2, 0.25) is 0 Å². The summed E-state index contributed by atoms with van der Waals surface area (Å²) in [7, 11) is 0. The Morgan fingerprint density at radius 1 is 0.966 bits per heavy atom. The first-order valence-corrected chi connectivity index (χ1v) is 10.9. The van der Waals surface area contributed by atoms with Gasteiger partial charge in [-0.3, -0.25) is 4.79 Å². The van der Waals surface area contributed by atoms with Crippen molar-refractivity contribution in [2.24, 2.45) is 23.7 Å². The van der Waals surface area contributed by atoms with E-state index in [4.69, 9.17) is 4.74 Å². The maximum absolute atomic E-state index is 13.2. The van der Waals surface area contributed by atoms with E-state index in [0.29, 0.717) is 29.4 Å². The fourth-order valence-electron chi connectivity index (χ4n) is 6.41. The number of ether oxygens (including phenoxy) is 1. The molecule has 2 heterocycles. The van der Waals surface area contributed by atoms with Crippen molar-refractivity contribution in [3.8, 4) is 0 Å². The lowest BCUT2D eigenvalue weighted by atomic mass is 9.82. The smallest absolute Gasteiger partial charge is 0.339 e. The molecule has 5 unspecified atom stereocenters. The second kappa shape index (κ2) is 6.45. The number of hydrogen-bond donors (Lipinski definition) is 0. The van der Waals surface area contributed by atoms with Gasteiger partial charge in [0.05, 0.1) is 5.56 Å². The van der Waals surface area contributed by atoms with Crippen LogP contribution in [0.15, 0.2) is 48.5 Å². The zero-order valence-corrected chi connectivity index (χ0v) is 16.4. The second-order valence-corrected chi connectivity index (χ2v) is 9.25. The van der Waals surface area contributed by atoms with Gasteiger partial charge >= 0.3 is 5.97 Å². The molecule has 0 spiro atoms. The molecular weight excluding hydrogens is 362 g/mol. The summed E-state index contributed by atoms with van der Waals surface area (Å²) in [6.45, 7) is 1.83. The van der Waals surface area contributed by atoms with E-state index in [-0.39, 0.29) is 18.0 Å². The van der Waals surface area contributed by atoms with Crippen molar-refractivity contribution in [1.29, 1.82) is 0 Å². The molecule has 29 heavy (non-hydrogen) atoms. The summed E-state index contributed by atoms with van der Waals surface area (Å²) >= 11 is 0. The zero-order chi connectivity index (χ0) is 19.5. The Balaban J connectivity index is 1.25. The van der Waals surface area contributed by atoms with Gasteiger partial charge in [-0.25, -0.2) is 4.79 Å². The maximum atomic E-state index is 13.2. The number of carbonyl (C=O) groups is 2. The molecule has 4 nitrogen and oxygen atoms in total. The number of nitrogens with zero attached hydrogens (tertiary/aromatic N) is 1. The van der Waals surface area contributed by atoms with E-state index < -0.39 is 0 Å². The average molecular weight is 387 g/mol. The monoisotopic (exact) mass is 387 g/mol. The molecule has 2 aliphatic heterocycles. The minimum absolute atomic E-state index is 0.122. The van der Waals surface area contributed by atoms with Crippen molar-refractivity contribution < 1.29 is 14.3 Å². The van der Waals surface area contributed by atoms with Gasteiger partial charge in [0.15, 0.2) is 0 Å². The molecule has 2 aromatic rings. The Hall–Kier alpha value is -2.62. The third-order valence-electron chi connectivity index (χ3n) is 7.82. The SMILES string of the molecule is O=C1OC(c2ccccc2)Cc2cc(C(=O)N3CC4C5CCC(C5)C4C3)ccc21. The molecular formula is C25H25NO3. The van der Waals surface area contributed by atoms with Gasteiger partial charge in [-0.1, -0.05) is 30.3 Å². The highest BCUT2D eigenvalue weighted by atomic mass is 16.5. The number of benzene rings is 2. The van der Waals surface area contributed by atoms with Gasteiger partial charge in [-0.05, 0) is 72.3 Å². The largest absolute Gasteiger partial charge is 0.454 e. The molecule has 3 fully saturated rings. The minimum Gasteiger partial charge on any atom is -0.454 e. The number of carbonyl (C=O) groups excluding carboxylic acids is 2. The first-order chi connectivity index (χ1) is 14.2. The number of esters is 1. The van der Waals surface area contributed by atoms with Crippen LogP contribution in [0, 0.1) is 23.7 Å². The van der Waals surface area contributed by atoms with E-state index in [2.05, 4.69) is 4.90 Å². The van der Waals surface area contributed by atoms with Crippen molar-refractivity contribution in [2.45, 2.75) is 31.8 Å². The van der Waals surface area contributed by atoms with Crippen molar-refractivity contribution in [1.82, 2.24) is 4.90 Å². The number of fused-ring (bicyclic) bond motifs is 6. The normalized spacial score (nSPS) is 32.1. The molecule has 6 rings (SSSR count). The fourth-order valence-corrected chi connectivity index (χ4v) is 6.41. The second-order valence-electron chi connectivity index (χ2n) is 9.25. The maximum Gasteiger partial charge on any atom is 0.339 e. The molecule has 1 amide bonds. The van der Waals surface area contributed by atoms with E-state index in [1.807, 2.05) is 36.4 Å². The van der Waals surface area contributed by atoms with Gasteiger partial charge in [-0.15, -0.1) is 0 Å². The van der Waals surface area contributed by atoms with Crippen LogP contribution in [0.25, 0.3) is 0 Å². The number of rotatable bonds is 2. The molecule has 1 saturated heterocycles. The van der Waals surface area contributed by atoms with E-state index in [0.717, 1.165) is 36.1 Å². The Labute approximate surface area is 170 Å². The van der Waals surface area contributed by atoms with Crippen LogP contribution < -0.4 is 0 Å². The Kier molecular flexibility index (Phi) is 3.84. The fraction of sp³-hybridized carbons (Fsp3) is 0.440. The first-order valence-electron chi connectivity index (χ1n) is 10.9. The Bertz CT molecular complexity index is 967. The molecule has 2 aromatic carbocycles. The van der Waals surface area contributed by atoms with Crippen LogP contribution in [0.5, 0.6) is 0 Å². The Morgan fingerprint density at radius 3 is 2.41 bits per heavy atom. The lowest BCUT2D eigenvalue weighted by molar-refractivity contribution is 0.0252. The Morgan fingerprint density at radius 2 is 1.69 bits per heavy atom. The van der Waals surface area contributed by atoms with Crippen LogP contribution >= 0.6 is 0 Å². The minimum atomic E-state index is -0.300. The van der Waals surface area contributed by atoms with Crippen LogP contribution in [-0.4, -0.2) is 29.9 Å². The molecule has 148 valence electrons. The van der Waals surface area contributed by atoms with Crippen LogP contribution in [0.3, 0.4) is 0 Å². The predicted octanol–water partition coefficient (Wildman–Crippen LogP) is 4.26. The molecule has 0 aromatic heterocycles. The number of amides is 1. The van der Waals surface area contributed by atoms with Crippen molar-refractivity contribution in [2.75, 3.05) is 13.1 Å². The molecule has 0 radical (unpaired) electrons. The van der Waals surface area contributed by atoms with Gasteiger partial charge < -0.3 is 9.64 Å². The summed E-state index contributed by atoms with van der Waals surface area (Å²) in [5.41, 5.74) is 3.20. The lowest BCUT2D eigenvalue weighted by Gasteiger charge is -2.26. The standard InChI is InChI=1S/C25H25NO3/c27-24(26-13-21-16-6-7-17(10-16)22(21)14-26)18-8-9-20-19(11-18)12-23(29-25(20)28)15-4-2-1-3-5-15/h1-5,8-9,11,16-17,21-23H,6-7,10,12-14H2. The highest BCUT2D eigenvalue weighted by molar-refractivity contribution is 5.98. The van der Waals surface area contributed by atoms with Crippen LogP contribution in [0.4, 0.5) is 0 Å². The topological polar surface area (TPSA) is 46.6 Å². The van der Waals surface area contributed by atoms with Crippen molar-refractivity contribution in [3.05, 3.63) is 70.8 Å². The van der Waals surface area contributed by atoms with Crippen molar-refractivity contribution in [3.63, 3.8) is 0 Å². The highest BCUT2D eigenvalue weighted by Crippen LogP contribution is 2.55. The molecule has 2 saturated carbocycles. The van der Waals surface area contributed by atoms with Gasteiger partial charge in [0, 0.05) is 25.1 Å². The van der Waals surface area contributed by atoms with Gasteiger partial charge in [0.25, 0.3) is 5.91 Å². The number of likely N-dealkylation sites (tertiary alicyclic amines) is 1. The zero-order valence-electron chi connectivity index (χ0n) is 16.4. The van der Waals surface area contributed by atoms with Crippen LogP contribution in [-0.2, 0) is 11.2 Å². The summed E-state index contributed by atoms with van der Waals surface area (Å²) in [6.07, 6.45) is 4.43. The predicted molar refractivity (Wildman–Crippen MR) is 108 cm³/mol. The number of hydrogen-bond acceptors (Lipinski definition) is 3. The average Bonchev–Trinajstić information content (AvgIpc) is 3.47. The third kappa shape index (κ3) is 2.72.